The van der Waals surface area contributed by atoms with Gasteiger partial charge in [0, 0.05) is 25.3 Å². The topological polar surface area (TPSA) is 77.1 Å². The largest absolute Gasteiger partial charge is 0.454 e. The summed E-state index contributed by atoms with van der Waals surface area (Å²) >= 11 is 0. The van der Waals surface area contributed by atoms with Crippen molar-refractivity contribution in [2.24, 2.45) is 0 Å². The van der Waals surface area contributed by atoms with Crippen molar-refractivity contribution in [1.29, 1.82) is 0 Å². The Morgan fingerprint density at radius 2 is 2.03 bits per heavy atom. The van der Waals surface area contributed by atoms with Gasteiger partial charge in [-0.2, -0.15) is 0 Å². The average molecular weight is 396 g/mol. The van der Waals surface area contributed by atoms with Crippen molar-refractivity contribution < 1.29 is 23.8 Å². The monoisotopic (exact) mass is 396 g/mol. The molecule has 2 heterocycles. The molecule has 2 amide bonds. The van der Waals surface area contributed by atoms with Gasteiger partial charge in [-0.1, -0.05) is 18.2 Å². The van der Waals surface area contributed by atoms with Crippen LogP contribution in [0, 0.1) is 0 Å². The minimum atomic E-state index is -0.497. The molecular weight excluding hydrogens is 372 g/mol. The zero-order chi connectivity index (χ0) is 20.2. The SMILES string of the molecule is CCOCc1cccc(NC(=O)C2CCC(=O)N2Cc2ccc3c(c2)OCO3)c1. The van der Waals surface area contributed by atoms with Crippen LogP contribution in [0.2, 0.25) is 0 Å². The van der Waals surface area contributed by atoms with Crippen molar-refractivity contribution in [3.05, 3.63) is 53.6 Å². The molecule has 0 saturated carbocycles. The Bertz CT molecular complexity index is 914. The number of benzene rings is 2. The Hall–Kier alpha value is -3.06. The fourth-order valence-corrected chi connectivity index (χ4v) is 3.62. The zero-order valence-corrected chi connectivity index (χ0v) is 16.3. The van der Waals surface area contributed by atoms with Crippen LogP contribution in [0.4, 0.5) is 5.69 Å². The molecule has 7 nitrogen and oxygen atoms in total. The van der Waals surface area contributed by atoms with Crippen LogP contribution in [-0.4, -0.2) is 36.2 Å². The molecule has 4 rings (SSSR count). The molecular formula is C22H24N2O5. The minimum Gasteiger partial charge on any atom is -0.454 e. The Morgan fingerprint density at radius 1 is 1.17 bits per heavy atom. The summed E-state index contributed by atoms with van der Waals surface area (Å²) in [6, 6.07) is 12.7. The molecule has 1 unspecified atom stereocenters. The van der Waals surface area contributed by atoms with Gasteiger partial charge in [0.2, 0.25) is 18.6 Å². The lowest BCUT2D eigenvalue weighted by molar-refractivity contribution is -0.133. The van der Waals surface area contributed by atoms with Gasteiger partial charge in [-0.15, -0.1) is 0 Å². The molecule has 0 radical (unpaired) electrons. The lowest BCUT2D eigenvalue weighted by Crippen LogP contribution is -2.41. The summed E-state index contributed by atoms with van der Waals surface area (Å²) in [6.45, 7) is 3.64. The van der Waals surface area contributed by atoms with E-state index in [-0.39, 0.29) is 18.6 Å². The molecule has 152 valence electrons. The van der Waals surface area contributed by atoms with E-state index in [1.807, 2.05) is 49.4 Å². The van der Waals surface area contributed by atoms with E-state index < -0.39 is 6.04 Å². The molecule has 0 spiro atoms. The minimum absolute atomic E-state index is 0.0205. The number of fused-ring (bicyclic) bond motifs is 1. The van der Waals surface area contributed by atoms with Gasteiger partial charge in [-0.05, 0) is 48.7 Å². The van der Waals surface area contributed by atoms with Crippen molar-refractivity contribution in [1.82, 2.24) is 4.90 Å². The number of carbonyl (C=O) groups is 2. The number of nitrogens with zero attached hydrogens (tertiary/aromatic N) is 1. The highest BCUT2D eigenvalue weighted by Crippen LogP contribution is 2.33. The van der Waals surface area contributed by atoms with Gasteiger partial charge in [0.15, 0.2) is 11.5 Å². The molecule has 1 N–H and O–H groups in total. The molecule has 2 aliphatic heterocycles. The van der Waals surface area contributed by atoms with Crippen LogP contribution in [0.25, 0.3) is 0 Å². The third kappa shape index (κ3) is 4.35. The first kappa shape index (κ1) is 19.3. The molecule has 0 bridgehead atoms. The van der Waals surface area contributed by atoms with E-state index in [1.165, 1.54) is 0 Å². The summed E-state index contributed by atoms with van der Waals surface area (Å²) in [5.74, 6) is 1.17. The lowest BCUT2D eigenvalue weighted by atomic mass is 10.1. The van der Waals surface area contributed by atoms with Crippen LogP contribution < -0.4 is 14.8 Å². The number of nitrogens with one attached hydrogen (secondary N) is 1. The maximum atomic E-state index is 12.9. The van der Waals surface area contributed by atoms with Crippen molar-refractivity contribution in [2.75, 3.05) is 18.7 Å². The molecule has 0 aromatic heterocycles. The summed E-state index contributed by atoms with van der Waals surface area (Å²) < 4.78 is 16.2. The molecule has 1 atom stereocenters. The van der Waals surface area contributed by atoms with Crippen molar-refractivity contribution in [3.63, 3.8) is 0 Å². The van der Waals surface area contributed by atoms with Crippen LogP contribution in [0.1, 0.15) is 30.9 Å². The summed E-state index contributed by atoms with van der Waals surface area (Å²) in [5, 5.41) is 2.95. The van der Waals surface area contributed by atoms with Crippen molar-refractivity contribution >= 4 is 17.5 Å². The maximum absolute atomic E-state index is 12.9. The van der Waals surface area contributed by atoms with Gasteiger partial charge in [-0.25, -0.2) is 0 Å². The first-order valence-corrected chi connectivity index (χ1v) is 9.79. The Morgan fingerprint density at radius 3 is 2.90 bits per heavy atom. The van der Waals surface area contributed by atoms with Crippen LogP contribution in [0.3, 0.4) is 0 Å². The number of likely N-dealkylation sites (tertiary alicyclic amines) is 1. The number of anilines is 1. The summed E-state index contributed by atoms with van der Waals surface area (Å²) in [5.41, 5.74) is 2.60. The van der Waals surface area contributed by atoms with Gasteiger partial charge in [0.25, 0.3) is 0 Å². The van der Waals surface area contributed by atoms with E-state index in [0.29, 0.717) is 49.8 Å². The van der Waals surface area contributed by atoms with E-state index in [4.69, 9.17) is 14.2 Å². The highest BCUT2D eigenvalue weighted by atomic mass is 16.7. The van der Waals surface area contributed by atoms with Gasteiger partial charge < -0.3 is 24.4 Å². The van der Waals surface area contributed by atoms with Crippen LogP contribution in [0.15, 0.2) is 42.5 Å². The fraction of sp³-hybridized carbons (Fsp3) is 0.364. The second-order valence-electron chi connectivity index (χ2n) is 7.09. The second kappa shape index (κ2) is 8.53. The Labute approximate surface area is 169 Å². The van der Waals surface area contributed by atoms with E-state index in [2.05, 4.69) is 5.32 Å². The predicted molar refractivity (Wildman–Crippen MR) is 107 cm³/mol. The van der Waals surface area contributed by atoms with Crippen LogP contribution in [-0.2, 0) is 27.5 Å². The van der Waals surface area contributed by atoms with Crippen LogP contribution >= 0.6 is 0 Å². The number of rotatable bonds is 7. The smallest absolute Gasteiger partial charge is 0.247 e. The molecule has 29 heavy (non-hydrogen) atoms. The van der Waals surface area contributed by atoms with E-state index in [0.717, 1.165) is 11.1 Å². The lowest BCUT2D eigenvalue weighted by Gasteiger charge is -2.24. The predicted octanol–water partition coefficient (Wildman–Crippen LogP) is 3.08. The number of hydrogen-bond acceptors (Lipinski definition) is 5. The van der Waals surface area contributed by atoms with Gasteiger partial charge >= 0.3 is 0 Å². The van der Waals surface area contributed by atoms with Crippen LogP contribution in [0.5, 0.6) is 11.5 Å². The van der Waals surface area contributed by atoms with E-state index >= 15 is 0 Å². The summed E-state index contributed by atoms with van der Waals surface area (Å²) in [7, 11) is 0. The molecule has 7 heteroatoms. The molecule has 2 aromatic carbocycles. The second-order valence-corrected chi connectivity index (χ2v) is 7.09. The molecule has 2 aliphatic rings. The first-order chi connectivity index (χ1) is 14.1. The number of carbonyl (C=O) groups excluding carboxylic acids is 2. The standard InChI is InChI=1S/C22H24N2O5/c1-2-27-13-16-4-3-5-17(10-16)23-22(26)18-7-9-21(25)24(18)12-15-6-8-19-20(11-15)29-14-28-19/h3-6,8,10-11,18H,2,7,9,12-14H2,1H3,(H,23,26). The van der Waals surface area contributed by atoms with Gasteiger partial charge in [-0.3, -0.25) is 9.59 Å². The van der Waals surface area contributed by atoms with E-state index in [1.54, 1.807) is 4.90 Å². The van der Waals surface area contributed by atoms with Crippen molar-refractivity contribution in [3.8, 4) is 11.5 Å². The molecule has 0 aliphatic carbocycles. The Balaban J connectivity index is 1.44. The maximum Gasteiger partial charge on any atom is 0.247 e. The first-order valence-electron chi connectivity index (χ1n) is 9.79. The quantitative estimate of drug-likeness (QED) is 0.778. The molecule has 1 fully saturated rings. The third-order valence-electron chi connectivity index (χ3n) is 5.09. The normalized spacial score (nSPS) is 17.6. The zero-order valence-electron chi connectivity index (χ0n) is 16.3. The fourth-order valence-electron chi connectivity index (χ4n) is 3.62. The van der Waals surface area contributed by atoms with Gasteiger partial charge in [0.1, 0.15) is 6.04 Å². The van der Waals surface area contributed by atoms with Gasteiger partial charge in [0.05, 0.1) is 6.61 Å². The van der Waals surface area contributed by atoms with Crippen molar-refractivity contribution in [2.45, 2.75) is 39.0 Å². The average Bonchev–Trinajstić information content (AvgIpc) is 3.33. The number of ether oxygens (including phenoxy) is 3. The number of hydrogen-bond donors (Lipinski definition) is 1. The highest BCUT2D eigenvalue weighted by Gasteiger charge is 2.36. The highest BCUT2D eigenvalue weighted by molar-refractivity contribution is 5.99. The summed E-state index contributed by atoms with van der Waals surface area (Å²) in [6.07, 6.45) is 0.876. The van der Waals surface area contributed by atoms with E-state index in [9.17, 15) is 9.59 Å². The number of amides is 2. The molecule has 1 saturated heterocycles. The Kier molecular flexibility index (Phi) is 5.67. The third-order valence-corrected chi connectivity index (χ3v) is 5.09. The molecule has 2 aromatic rings. The summed E-state index contributed by atoms with van der Waals surface area (Å²) in [4.78, 5) is 27.0.